The topological polar surface area (TPSA) is 149 Å². The van der Waals surface area contributed by atoms with Crippen LogP contribution in [0.4, 0.5) is 0 Å². The average Bonchev–Trinajstić information content (AvgIpc) is 3.43. The van der Waals surface area contributed by atoms with Gasteiger partial charge >= 0.3 is 0 Å². The van der Waals surface area contributed by atoms with E-state index in [2.05, 4.69) is 55.6 Å². The first-order valence-corrected chi connectivity index (χ1v) is 33.4. The number of unbranched alkanes of at least 4 members (excludes halogenated alkanes) is 42. The maximum atomic E-state index is 13.1. The molecule has 0 aliphatic carbocycles. The molecule has 1 aliphatic heterocycles. The number of carbonyl (C=O) groups excluding carboxylic acids is 1. The largest absolute Gasteiger partial charge is 0.394 e. The second-order valence-electron chi connectivity index (χ2n) is 23.2. The zero-order valence-corrected chi connectivity index (χ0v) is 50.5. The normalized spacial score (nSPS) is 19.0. The lowest BCUT2D eigenvalue weighted by molar-refractivity contribution is -0.302. The molecular formula is C68H127NO8. The number of hydrogen-bond donors (Lipinski definition) is 6. The van der Waals surface area contributed by atoms with Crippen LogP contribution < -0.4 is 5.32 Å². The number of allylic oxidation sites excluding steroid dienone is 7. The molecular weight excluding hydrogens is 959 g/mol. The maximum Gasteiger partial charge on any atom is 0.220 e. The Balaban J connectivity index is 2.15. The van der Waals surface area contributed by atoms with Crippen molar-refractivity contribution in [2.75, 3.05) is 13.2 Å². The van der Waals surface area contributed by atoms with Gasteiger partial charge in [-0.3, -0.25) is 4.79 Å². The number of ether oxygens (including phenoxy) is 2. The van der Waals surface area contributed by atoms with Crippen molar-refractivity contribution in [1.82, 2.24) is 5.32 Å². The first-order chi connectivity index (χ1) is 37.8. The average molecular weight is 1090 g/mol. The van der Waals surface area contributed by atoms with Gasteiger partial charge in [0.15, 0.2) is 6.29 Å². The molecule has 9 heteroatoms. The van der Waals surface area contributed by atoms with E-state index >= 15 is 0 Å². The van der Waals surface area contributed by atoms with Gasteiger partial charge in [-0.1, -0.05) is 294 Å². The van der Waals surface area contributed by atoms with Gasteiger partial charge in [-0.05, 0) is 70.6 Å². The highest BCUT2D eigenvalue weighted by molar-refractivity contribution is 5.76. The molecule has 0 aromatic rings. The number of aliphatic hydroxyl groups excluding tert-OH is 5. The van der Waals surface area contributed by atoms with Crippen LogP contribution in [0.2, 0.25) is 0 Å². The molecule has 0 bridgehead atoms. The van der Waals surface area contributed by atoms with Crippen molar-refractivity contribution in [3.05, 3.63) is 48.6 Å². The van der Waals surface area contributed by atoms with Crippen molar-refractivity contribution in [3.8, 4) is 0 Å². The third kappa shape index (κ3) is 46.5. The fourth-order valence-corrected chi connectivity index (χ4v) is 10.6. The molecule has 1 rings (SSSR count). The number of rotatable bonds is 58. The minimum absolute atomic E-state index is 0.186. The van der Waals surface area contributed by atoms with Crippen molar-refractivity contribution in [3.63, 3.8) is 0 Å². The van der Waals surface area contributed by atoms with Crippen molar-refractivity contribution < 1.29 is 39.8 Å². The number of amides is 1. The van der Waals surface area contributed by atoms with Gasteiger partial charge in [0.1, 0.15) is 24.4 Å². The van der Waals surface area contributed by atoms with Gasteiger partial charge in [0, 0.05) is 6.42 Å². The lowest BCUT2D eigenvalue weighted by Gasteiger charge is -2.40. The summed E-state index contributed by atoms with van der Waals surface area (Å²) in [5.74, 6) is -0.186. The van der Waals surface area contributed by atoms with E-state index in [9.17, 15) is 30.3 Å². The SMILES string of the molecule is CCCCCCCCCCCCC/C=C/CC/C=C/CC/C=C/C(O)C(COC1OC(CO)C(O)C(O)C1O)NC(=O)CCCCCCCCCCCCCCCCCCC/C=C\CCCCCCCCCCCCCC. The molecule has 1 heterocycles. The fraction of sp³-hybridized carbons (Fsp3) is 0.868. The Morgan fingerprint density at radius 3 is 1.09 bits per heavy atom. The van der Waals surface area contributed by atoms with Crippen molar-refractivity contribution in [2.24, 2.45) is 0 Å². The van der Waals surface area contributed by atoms with Gasteiger partial charge in [0.05, 0.1) is 25.4 Å². The van der Waals surface area contributed by atoms with Crippen LogP contribution in [-0.2, 0) is 14.3 Å². The molecule has 1 aliphatic rings. The van der Waals surface area contributed by atoms with Crippen LogP contribution in [0.5, 0.6) is 0 Å². The highest BCUT2D eigenvalue weighted by Gasteiger charge is 2.44. The Kier molecular flexibility index (Phi) is 54.5. The van der Waals surface area contributed by atoms with Crippen LogP contribution in [-0.4, -0.2) is 87.5 Å². The van der Waals surface area contributed by atoms with E-state index in [1.807, 2.05) is 6.08 Å². The second-order valence-corrected chi connectivity index (χ2v) is 23.2. The van der Waals surface area contributed by atoms with Crippen LogP contribution in [0, 0.1) is 0 Å². The Morgan fingerprint density at radius 1 is 0.429 bits per heavy atom. The molecule has 1 fully saturated rings. The highest BCUT2D eigenvalue weighted by atomic mass is 16.7. The van der Waals surface area contributed by atoms with Crippen molar-refractivity contribution in [1.29, 1.82) is 0 Å². The predicted molar refractivity (Wildman–Crippen MR) is 327 cm³/mol. The standard InChI is InChI=1S/C68H127NO8/c1-3-5-7-9-11-13-15-17-19-21-23-25-26-27-28-29-30-31-32-33-34-35-36-38-40-42-44-46-48-50-52-54-56-58-64(72)69-61(60-76-68-67(75)66(74)65(73)63(59-70)77-68)62(71)57-55-53-51-49-47-45-43-41-39-37-24-22-20-18-16-14-12-10-8-6-4-2/h27-28,39,41,47,49,55,57,61-63,65-68,70-71,73-75H,3-26,29-38,40,42-46,48,50-54,56,58-60H2,1-2H3,(H,69,72)/b28-27-,41-39+,49-47+,57-55+. The van der Waals surface area contributed by atoms with E-state index in [0.717, 1.165) is 44.9 Å². The van der Waals surface area contributed by atoms with Gasteiger partial charge in [0.2, 0.25) is 5.91 Å². The molecule has 0 aromatic heterocycles. The van der Waals surface area contributed by atoms with E-state index in [4.69, 9.17) is 9.47 Å². The predicted octanol–water partition coefficient (Wildman–Crippen LogP) is 17.6. The van der Waals surface area contributed by atoms with Gasteiger partial charge in [-0.15, -0.1) is 0 Å². The molecule has 9 nitrogen and oxygen atoms in total. The molecule has 6 N–H and O–H groups in total. The molecule has 452 valence electrons. The molecule has 77 heavy (non-hydrogen) atoms. The van der Waals surface area contributed by atoms with Gasteiger partial charge in [-0.2, -0.15) is 0 Å². The number of nitrogens with one attached hydrogen (secondary N) is 1. The van der Waals surface area contributed by atoms with Crippen LogP contribution in [0.1, 0.15) is 322 Å². The summed E-state index contributed by atoms with van der Waals surface area (Å²) in [6.45, 7) is 3.80. The molecule has 0 aromatic carbocycles. The highest BCUT2D eigenvalue weighted by Crippen LogP contribution is 2.23. The molecule has 0 spiro atoms. The van der Waals surface area contributed by atoms with Crippen molar-refractivity contribution in [2.45, 2.75) is 365 Å². The minimum atomic E-state index is -1.58. The Labute approximate surface area is 475 Å². The number of hydrogen-bond acceptors (Lipinski definition) is 8. The zero-order valence-electron chi connectivity index (χ0n) is 50.5. The van der Waals surface area contributed by atoms with Gasteiger partial charge in [-0.25, -0.2) is 0 Å². The Bertz CT molecular complexity index is 1350. The van der Waals surface area contributed by atoms with Gasteiger partial charge in [0.25, 0.3) is 0 Å². The second kappa shape index (κ2) is 57.4. The molecule has 1 saturated heterocycles. The molecule has 0 saturated carbocycles. The Hall–Kier alpha value is -1.85. The minimum Gasteiger partial charge on any atom is -0.394 e. The quantitative estimate of drug-likeness (QED) is 0.0261. The Morgan fingerprint density at radius 2 is 0.740 bits per heavy atom. The summed E-state index contributed by atoms with van der Waals surface area (Å²) in [5.41, 5.74) is 0. The van der Waals surface area contributed by atoms with Crippen LogP contribution >= 0.6 is 0 Å². The fourth-order valence-electron chi connectivity index (χ4n) is 10.6. The van der Waals surface area contributed by atoms with Gasteiger partial charge < -0.3 is 40.3 Å². The molecule has 1 amide bonds. The number of carbonyl (C=O) groups is 1. The van der Waals surface area contributed by atoms with Crippen LogP contribution in [0.15, 0.2) is 48.6 Å². The van der Waals surface area contributed by atoms with E-state index in [1.165, 1.54) is 257 Å². The summed E-state index contributed by atoms with van der Waals surface area (Å²) in [6.07, 6.45) is 70.7. The van der Waals surface area contributed by atoms with Crippen LogP contribution in [0.3, 0.4) is 0 Å². The molecule has 7 unspecified atom stereocenters. The summed E-state index contributed by atoms with van der Waals surface area (Å²) in [7, 11) is 0. The molecule has 0 radical (unpaired) electrons. The van der Waals surface area contributed by atoms with E-state index in [1.54, 1.807) is 6.08 Å². The summed E-state index contributed by atoms with van der Waals surface area (Å²) in [6, 6.07) is -0.829. The summed E-state index contributed by atoms with van der Waals surface area (Å²) in [5, 5.41) is 54.6. The van der Waals surface area contributed by atoms with E-state index in [-0.39, 0.29) is 12.5 Å². The van der Waals surface area contributed by atoms with E-state index in [0.29, 0.717) is 6.42 Å². The lowest BCUT2D eigenvalue weighted by Crippen LogP contribution is -2.60. The molecule has 7 atom stereocenters. The smallest absolute Gasteiger partial charge is 0.220 e. The number of aliphatic hydroxyl groups is 5. The first-order valence-electron chi connectivity index (χ1n) is 33.4. The lowest BCUT2D eigenvalue weighted by atomic mass is 9.99. The summed E-state index contributed by atoms with van der Waals surface area (Å²) in [4.78, 5) is 13.1. The summed E-state index contributed by atoms with van der Waals surface area (Å²) < 4.78 is 11.3. The van der Waals surface area contributed by atoms with Crippen LogP contribution in [0.25, 0.3) is 0 Å². The zero-order chi connectivity index (χ0) is 55.8. The third-order valence-electron chi connectivity index (χ3n) is 15.9. The summed E-state index contributed by atoms with van der Waals surface area (Å²) >= 11 is 0. The monoisotopic (exact) mass is 1090 g/mol. The van der Waals surface area contributed by atoms with Crippen molar-refractivity contribution >= 4 is 5.91 Å². The maximum absolute atomic E-state index is 13.1. The first kappa shape index (κ1) is 73.2. The van der Waals surface area contributed by atoms with E-state index < -0.39 is 49.5 Å². The third-order valence-corrected chi connectivity index (χ3v) is 15.9.